The van der Waals surface area contributed by atoms with Crippen LogP contribution in [0.3, 0.4) is 0 Å². The van der Waals surface area contributed by atoms with Crippen LogP contribution in [-0.4, -0.2) is 30.4 Å². The van der Waals surface area contributed by atoms with Crippen molar-refractivity contribution in [3.05, 3.63) is 0 Å². The normalized spacial score (nSPS) is 42.1. The molecule has 4 bridgehead atoms. The highest BCUT2D eigenvalue weighted by Crippen LogP contribution is 2.54. The van der Waals surface area contributed by atoms with E-state index >= 15 is 0 Å². The molecule has 98 valence electrons. The van der Waals surface area contributed by atoms with E-state index < -0.39 is 0 Å². The summed E-state index contributed by atoms with van der Waals surface area (Å²) in [5.41, 5.74) is 5.47. The predicted molar refractivity (Wildman–Crippen MR) is 69.9 cm³/mol. The zero-order valence-electron chi connectivity index (χ0n) is 10.5. The van der Waals surface area contributed by atoms with Gasteiger partial charge in [0.25, 0.3) is 0 Å². The monoisotopic (exact) mass is 258 g/mol. The van der Waals surface area contributed by atoms with Crippen molar-refractivity contribution in [2.45, 2.75) is 38.1 Å². The number of halogens is 1. The molecule has 0 aromatic heterocycles. The fraction of sp³-hybridized carbons (Fsp3) is 0.923. The van der Waals surface area contributed by atoms with Crippen molar-refractivity contribution in [2.24, 2.45) is 29.4 Å². The summed E-state index contributed by atoms with van der Waals surface area (Å²) < 4.78 is 0. The lowest BCUT2D eigenvalue weighted by Gasteiger charge is -2.56. The van der Waals surface area contributed by atoms with Gasteiger partial charge in [-0.25, -0.2) is 0 Å². The Labute approximate surface area is 110 Å². The minimum Gasteiger partial charge on any atom is -0.341 e. The fourth-order valence-electron chi connectivity index (χ4n) is 4.84. The Morgan fingerprint density at radius 3 is 2.00 bits per heavy atom. The molecule has 4 aliphatic carbocycles. The van der Waals surface area contributed by atoms with Crippen LogP contribution in [0.1, 0.15) is 32.1 Å². The second-order valence-corrected chi connectivity index (χ2v) is 6.13. The summed E-state index contributed by atoms with van der Waals surface area (Å²) in [6.07, 6.45) is 6.91. The summed E-state index contributed by atoms with van der Waals surface area (Å²) in [5, 5.41) is 0. The van der Waals surface area contributed by atoms with Gasteiger partial charge in [-0.3, -0.25) is 4.79 Å². The molecule has 0 radical (unpaired) electrons. The molecule has 0 unspecified atom stereocenters. The molecule has 0 aromatic carbocycles. The van der Waals surface area contributed by atoms with E-state index in [1.807, 2.05) is 11.9 Å². The van der Waals surface area contributed by atoms with Gasteiger partial charge in [0, 0.05) is 13.1 Å². The Morgan fingerprint density at radius 1 is 1.12 bits per heavy atom. The van der Waals surface area contributed by atoms with Crippen molar-refractivity contribution in [3.63, 3.8) is 0 Å². The maximum Gasteiger partial charge on any atom is 0.236 e. The zero-order valence-corrected chi connectivity index (χ0v) is 11.3. The standard InChI is InChI=1S/C13H22N2O.ClH/c1-15(12(16)7-14)13-10-3-8-2-9(5-10)6-11(13)4-8;/h8-11,13H,2-7,14H2,1H3;1H. The molecular formula is C13H23ClN2O. The van der Waals surface area contributed by atoms with E-state index in [1.54, 1.807) is 0 Å². The van der Waals surface area contributed by atoms with Gasteiger partial charge in [0.1, 0.15) is 0 Å². The first kappa shape index (κ1) is 13.2. The molecule has 0 saturated heterocycles. The molecule has 0 heterocycles. The van der Waals surface area contributed by atoms with Gasteiger partial charge in [-0.1, -0.05) is 0 Å². The number of hydrogen-bond donors (Lipinski definition) is 1. The Morgan fingerprint density at radius 2 is 1.59 bits per heavy atom. The van der Waals surface area contributed by atoms with Crippen LogP contribution in [0.5, 0.6) is 0 Å². The van der Waals surface area contributed by atoms with Crippen LogP contribution in [0.25, 0.3) is 0 Å². The lowest BCUT2D eigenvalue weighted by molar-refractivity contribution is -0.139. The van der Waals surface area contributed by atoms with E-state index in [2.05, 4.69) is 0 Å². The second kappa shape index (κ2) is 4.77. The number of amides is 1. The van der Waals surface area contributed by atoms with Crippen LogP contribution in [0.15, 0.2) is 0 Å². The fourth-order valence-corrected chi connectivity index (χ4v) is 4.84. The molecule has 0 aliphatic heterocycles. The minimum absolute atomic E-state index is 0. The number of hydrogen-bond acceptors (Lipinski definition) is 2. The average Bonchev–Trinajstić information content (AvgIpc) is 2.26. The van der Waals surface area contributed by atoms with Gasteiger partial charge in [-0.15, -0.1) is 12.4 Å². The Hall–Kier alpha value is -0.280. The first-order valence-corrected chi connectivity index (χ1v) is 6.64. The van der Waals surface area contributed by atoms with Crippen molar-refractivity contribution < 1.29 is 4.79 Å². The van der Waals surface area contributed by atoms with E-state index in [-0.39, 0.29) is 24.9 Å². The number of rotatable bonds is 2. The van der Waals surface area contributed by atoms with Gasteiger partial charge < -0.3 is 10.6 Å². The van der Waals surface area contributed by atoms with Crippen LogP contribution in [0, 0.1) is 23.7 Å². The topological polar surface area (TPSA) is 46.3 Å². The zero-order chi connectivity index (χ0) is 11.3. The molecule has 4 fully saturated rings. The molecule has 17 heavy (non-hydrogen) atoms. The molecule has 1 amide bonds. The summed E-state index contributed by atoms with van der Waals surface area (Å²) in [6, 6.07) is 0.504. The summed E-state index contributed by atoms with van der Waals surface area (Å²) in [6.45, 7) is 0.166. The Kier molecular flexibility index (Phi) is 3.69. The molecule has 2 N–H and O–H groups in total. The number of nitrogens with zero attached hydrogens (tertiary/aromatic N) is 1. The highest BCUT2D eigenvalue weighted by molar-refractivity contribution is 5.85. The summed E-state index contributed by atoms with van der Waals surface area (Å²) in [5.74, 6) is 3.62. The van der Waals surface area contributed by atoms with Gasteiger partial charge in [0.05, 0.1) is 6.54 Å². The lowest BCUT2D eigenvalue weighted by atomic mass is 9.54. The van der Waals surface area contributed by atoms with Gasteiger partial charge in [-0.05, 0) is 55.8 Å². The molecule has 4 heteroatoms. The molecular weight excluding hydrogens is 236 g/mol. The first-order valence-electron chi connectivity index (χ1n) is 6.64. The van der Waals surface area contributed by atoms with Crippen LogP contribution >= 0.6 is 12.4 Å². The molecule has 0 atom stereocenters. The summed E-state index contributed by atoms with van der Waals surface area (Å²) in [4.78, 5) is 13.7. The molecule has 4 saturated carbocycles. The van der Waals surface area contributed by atoms with E-state index in [9.17, 15) is 4.79 Å². The van der Waals surface area contributed by atoms with E-state index in [0.717, 1.165) is 23.7 Å². The SMILES string of the molecule is CN(C(=O)CN)C1C2CC3CC(C2)CC1C3.Cl. The number of nitrogens with two attached hydrogens (primary N) is 1. The highest BCUT2D eigenvalue weighted by Gasteiger charge is 2.50. The Bertz CT molecular complexity index is 280. The third kappa shape index (κ3) is 2.08. The first-order chi connectivity index (χ1) is 7.69. The van der Waals surface area contributed by atoms with E-state index in [1.165, 1.54) is 32.1 Å². The van der Waals surface area contributed by atoms with Crippen LogP contribution in [0.4, 0.5) is 0 Å². The second-order valence-electron chi connectivity index (χ2n) is 6.13. The minimum atomic E-state index is 0. The third-order valence-electron chi connectivity index (χ3n) is 5.19. The summed E-state index contributed by atoms with van der Waals surface area (Å²) in [7, 11) is 1.96. The quantitative estimate of drug-likeness (QED) is 0.819. The van der Waals surface area contributed by atoms with Gasteiger partial charge in [0.2, 0.25) is 5.91 Å². The highest BCUT2D eigenvalue weighted by atomic mass is 35.5. The van der Waals surface area contributed by atoms with Crippen LogP contribution < -0.4 is 5.73 Å². The van der Waals surface area contributed by atoms with Crippen LogP contribution in [0.2, 0.25) is 0 Å². The van der Waals surface area contributed by atoms with Gasteiger partial charge in [0.15, 0.2) is 0 Å². The van der Waals surface area contributed by atoms with Gasteiger partial charge in [-0.2, -0.15) is 0 Å². The number of carbonyl (C=O) groups excluding carboxylic acids is 1. The lowest BCUT2D eigenvalue weighted by Crippen LogP contribution is -2.57. The Balaban J connectivity index is 0.00000108. The maximum atomic E-state index is 11.7. The van der Waals surface area contributed by atoms with Crippen LogP contribution in [-0.2, 0) is 4.79 Å². The van der Waals surface area contributed by atoms with E-state index in [0.29, 0.717) is 6.04 Å². The summed E-state index contributed by atoms with van der Waals surface area (Å²) >= 11 is 0. The maximum absolute atomic E-state index is 11.7. The smallest absolute Gasteiger partial charge is 0.236 e. The van der Waals surface area contributed by atoms with Gasteiger partial charge >= 0.3 is 0 Å². The van der Waals surface area contributed by atoms with Crippen molar-refractivity contribution in [1.29, 1.82) is 0 Å². The largest absolute Gasteiger partial charge is 0.341 e. The van der Waals surface area contributed by atoms with Crippen molar-refractivity contribution in [2.75, 3.05) is 13.6 Å². The number of carbonyl (C=O) groups is 1. The molecule has 0 spiro atoms. The predicted octanol–water partition coefficient (Wildman–Crippen LogP) is 1.65. The van der Waals surface area contributed by atoms with Crippen molar-refractivity contribution >= 4 is 18.3 Å². The van der Waals surface area contributed by atoms with E-state index in [4.69, 9.17) is 5.73 Å². The number of likely N-dealkylation sites (N-methyl/N-ethyl adjacent to an activating group) is 1. The average molecular weight is 259 g/mol. The molecule has 0 aromatic rings. The third-order valence-corrected chi connectivity index (χ3v) is 5.19. The molecule has 3 nitrogen and oxygen atoms in total. The molecule has 4 aliphatic rings. The van der Waals surface area contributed by atoms with Crippen molar-refractivity contribution in [1.82, 2.24) is 4.90 Å². The van der Waals surface area contributed by atoms with Crippen molar-refractivity contribution in [3.8, 4) is 0 Å². The molecule has 4 rings (SSSR count).